The van der Waals surface area contributed by atoms with Crippen molar-refractivity contribution in [2.75, 3.05) is 0 Å². The van der Waals surface area contributed by atoms with Crippen LogP contribution < -0.4 is 0 Å². The molecule has 0 unspecified atom stereocenters. The van der Waals surface area contributed by atoms with Crippen molar-refractivity contribution in [3.63, 3.8) is 0 Å². The van der Waals surface area contributed by atoms with E-state index in [1.54, 1.807) is 24.4 Å². The molecule has 3 heterocycles. The van der Waals surface area contributed by atoms with E-state index in [4.69, 9.17) is 11.6 Å². The number of H-pyrrole nitrogens is 1. The molecule has 0 bridgehead atoms. The van der Waals surface area contributed by atoms with Crippen molar-refractivity contribution >= 4 is 28.3 Å². The maximum Gasteiger partial charge on any atom is 0.227 e. The molecule has 7 nitrogen and oxygen atoms in total. The summed E-state index contributed by atoms with van der Waals surface area (Å²) in [5, 5.41) is 16.5. The number of nitrogens with one attached hydrogen (secondary N) is 1. The Morgan fingerprint density at radius 2 is 2.00 bits per heavy atom. The Bertz CT molecular complexity index is 1030. The summed E-state index contributed by atoms with van der Waals surface area (Å²) in [4.78, 5) is 20.4. The van der Waals surface area contributed by atoms with Crippen molar-refractivity contribution in [1.82, 2.24) is 9.97 Å². The molecule has 0 saturated heterocycles. The third-order valence-electron chi connectivity index (χ3n) is 4.04. The van der Waals surface area contributed by atoms with Gasteiger partial charge in [0.05, 0.1) is 5.69 Å². The lowest BCUT2D eigenvalue weighted by Gasteiger charge is -2.05. The van der Waals surface area contributed by atoms with Crippen LogP contribution in [0.25, 0.3) is 10.9 Å². The molecule has 124 valence electrons. The summed E-state index contributed by atoms with van der Waals surface area (Å²) < 4.78 is 0. The molecule has 8 heteroatoms. The molecule has 2 aromatic heterocycles. The molecule has 1 aromatic carbocycles. The minimum atomic E-state index is -0.424. The maximum atomic E-state index is 13.0. The number of aryl methyl sites for hydroxylation is 1. The van der Waals surface area contributed by atoms with Gasteiger partial charge in [-0.25, -0.2) is 0 Å². The lowest BCUT2D eigenvalue weighted by Crippen LogP contribution is -2.10. The number of carbonyl (C=O) groups excluding carboxylic acids is 1. The molecule has 0 amide bonds. The number of carbonyl (C=O) groups is 1. The largest absolute Gasteiger partial charge is 0.351 e. The molecule has 25 heavy (non-hydrogen) atoms. The highest BCUT2D eigenvalue weighted by Crippen LogP contribution is 2.29. The van der Waals surface area contributed by atoms with Gasteiger partial charge in [0.2, 0.25) is 5.78 Å². The molecule has 4 rings (SSSR count). The zero-order chi connectivity index (χ0) is 17.4. The van der Waals surface area contributed by atoms with Crippen molar-refractivity contribution in [1.29, 1.82) is 0 Å². The van der Waals surface area contributed by atoms with Crippen molar-refractivity contribution in [3.8, 4) is 0 Å². The molecular weight excluding hydrogens is 340 g/mol. The first kappa shape index (κ1) is 15.6. The molecule has 1 N–H and O–H groups in total. The minimum Gasteiger partial charge on any atom is -0.351 e. The first-order chi connectivity index (χ1) is 12.1. The highest BCUT2D eigenvalue weighted by atomic mass is 35.5. The summed E-state index contributed by atoms with van der Waals surface area (Å²) in [7, 11) is 0. The van der Waals surface area contributed by atoms with Gasteiger partial charge in [-0.1, -0.05) is 17.7 Å². The van der Waals surface area contributed by atoms with Crippen molar-refractivity contribution in [2.24, 2.45) is 20.7 Å². The molecule has 0 saturated carbocycles. The lowest BCUT2D eigenvalue weighted by molar-refractivity contribution is 0.102. The van der Waals surface area contributed by atoms with E-state index in [9.17, 15) is 4.79 Å². The molecule has 0 spiro atoms. The first-order valence-electron chi connectivity index (χ1n) is 7.69. The van der Waals surface area contributed by atoms with Gasteiger partial charge in [0, 0.05) is 28.5 Å². The number of rotatable bonds is 4. The zero-order valence-electron chi connectivity index (χ0n) is 13.3. The van der Waals surface area contributed by atoms with Gasteiger partial charge in [0.15, 0.2) is 6.17 Å². The van der Waals surface area contributed by atoms with Crippen molar-refractivity contribution < 1.29 is 4.79 Å². The van der Waals surface area contributed by atoms with E-state index in [0.29, 0.717) is 22.8 Å². The van der Waals surface area contributed by atoms with Crippen LogP contribution in [0.1, 0.15) is 27.3 Å². The summed E-state index contributed by atoms with van der Waals surface area (Å²) in [6.07, 6.45) is 1.62. The number of nitrogens with zero attached hydrogens (tertiary/aromatic N) is 5. The molecular formula is C17H13ClN6O. The highest BCUT2D eigenvalue weighted by Gasteiger charge is 2.23. The van der Waals surface area contributed by atoms with Crippen LogP contribution in [0.4, 0.5) is 0 Å². The number of aromatic amines is 1. The van der Waals surface area contributed by atoms with Crippen LogP contribution in [0.2, 0.25) is 5.02 Å². The molecule has 0 atom stereocenters. The Kier molecular flexibility index (Phi) is 3.85. The van der Waals surface area contributed by atoms with E-state index in [2.05, 4.69) is 30.6 Å². The van der Waals surface area contributed by atoms with Crippen LogP contribution in [-0.4, -0.2) is 21.9 Å². The monoisotopic (exact) mass is 352 g/mol. The maximum absolute atomic E-state index is 13.0. The fourth-order valence-electron chi connectivity index (χ4n) is 2.87. The summed E-state index contributed by atoms with van der Waals surface area (Å²) in [5.74, 6) is -0.183. The van der Waals surface area contributed by atoms with Gasteiger partial charge in [-0.15, -0.1) is 10.2 Å². The SMILES string of the molecule is Cc1ccnc(C(=O)c2[nH]c3cc(Cl)ccc3c2CC2N=NN=N2)c1. The van der Waals surface area contributed by atoms with Crippen molar-refractivity contribution in [3.05, 3.63) is 64.1 Å². The molecule has 0 fully saturated rings. The van der Waals surface area contributed by atoms with E-state index in [1.165, 1.54) is 0 Å². The fourth-order valence-corrected chi connectivity index (χ4v) is 3.05. The summed E-state index contributed by atoms with van der Waals surface area (Å²) >= 11 is 6.08. The van der Waals surface area contributed by atoms with Gasteiger partial charge in [0.1, 0.15) is 5.69 Å². The molecule has 0 radical (unpaired) electrons. The second-order valence-corrected chi connectivity index (χ2v) is 6.25. The number of fused-ring (bicyclic) bond motifs is 1. The predicted molar refractivity (Wildman–Crippen MR) is 92.9 cm³/mol. The van der Waals surface area contributed by atoms with Gasteiger partial charge in [-0.2, -0.15) is 0 Å². The zero-order valence-corrected chi connectivity index (χ0v) is 14.0. The van der Waals surface area contributed by atoms with E-state index >= 15 is 0 Å². The van der Waals surface area contributed by atoms with Crippen LogP contribution >= 0.6 is 11.6 Å². The van der Waals surface area contributed by atoms with Gasteiger partial charge >= 0.3 is 0 Å². The summed E-state index contributed by atoms with van der Waals surface area (Å²) in [6, 6.07) is 9.07. The fraction of sp³-hybridized carbons (Fsp3) is 0.176. The van der Waals surface area contributed by atoms with Gasteiger partial charge < -0.3 is 4.98 Å². The van der Waals surface area contributed by atoms with Crippen LogP contribution in [-0.2, 0) is 6.42 Å². The minimum absolute atomic E-state index is 0.183. The number of ketones is 1. The molecule has 1 aliphatic heterocycles. The normalized spacial score (nSPS) is 13.8. The predicted octanol–water partition coefficient (Wildman–Crippen LogP) is 4.46. The van der Waals surface area contributed by atoms with E-state index in [1.807, 2.05) is 19.1 Å². The van der Waals surface area contributed by atoms with Crippen LogP contribution in [0, 0.1) is 6.92 Å². The van der Waals surface area contributed by atoms with Crippen LogP contribution in [0.5, 0.6) is 0 Å². The van der Waals surface area contributed by atoms with Gasteiger partial charge in [-0.3, -0.25) is 9.78 Å². The Balaban J connectivity index is 1.85. The number of halogens is 1. The third kappa shape index (κ3) is 2.94. The smallest absolute Gasteiger partial charge is 0.227 e. The second-order valence-electron chi connectivity index (χ2n) is 5.81. The summed E-state index contributed by atoms with van der Waals surface area (Å²) in [6.45, 7) is 1.92. The lowest BCUT2D eigenvalue weighted by atomic mass is 10.0. The Hall–Kier alpha value is -2.93. The molecule has 3 aromatic rings. The van der Waals surface area contributed by atoms with E-state index in [0.717, 1.165) is 22.0 Å². The Morgan fingerprint density at radius 1 is 1.20 bits per heavy atom. The number of hydrogen-bond acceptors (Lipinski definition) is 6. The topological polar surface area (TPSA) is 95.2 Å². The quantitative estimate of drug-likeness (QED) is 0.701. The highest BCUT2D eigenvalue weighted by molar-refractivity contribution is 6.31. The summed E-state index contributed by atoms with van der Waals surface area (Å²) in [5.41, 5.74) is 3.41. The average Bonchev–Trinajstić information content (AvgIpc) is 3.22. The number of hydrogen-bond donors (Lipinski definition) is 1. The van der Waals surface area contributed by atoms with E-state index in [-0.39, 0.29) is 5.78 Å². The van der Waals surface area contributed by atoms with Crippen molar-refractivity contribution in [2.45, 2.75) is 19.5 Å². The number of benzene rings is 1. The standard InChI is InChI=1S/C17H13ClN6O/c1-9-4-5-19-14(6-9)17(25)16-12(8-15-21-23-24-22-15)11-3-2-10(18)7-13(11)20-16/h2-7,15,20H,8H2,1H3. The number of aromatic nitrogens is 2. The third-order valence-corrected chi connectivity index (χ3v) is 4.27. The molecule has 1 aliphatic rings. The second kappa shape index (κ2) is 6.18. The first-order valence-corrected chi connectivity index (χ1v) is 8.07. The van der Waals surface area contributed by atoms with Gasteiger partial charge in [0.25, 0.3) is 0 Å². The number of pyridine rings is 1. The van der Waals surface area contributed by atoms with Crippen LogP contribution in [0.3, 0.4) is 0 Å². The Morgan fingerprint density at radius 3 is 2.76 bits per heavy atom. The average molecular weight is 353 g/mol. The van der Waals surface area contributed by atoms with E-state index < -0.39 is 6.17 Å². The van der Waals surface area contributed by atoms with Crippen LogP contribution in [0.15, 0.2) is 57.2 Å². The molecule has 0 aliphatic carbocycles. The van der Waals surface area contributed by atoms with Gasteiger partial charge in [-0.05, 0) is 52.8 Å². The Labute approximate surface area is 147 Å².